The van der Waals surface area contributed by atoms with Crippen LogP contribution in [0.25, 0.3) is 16.6 Å². The maximum Gasteiger partial charge on any atom is 0.297 e. The van der Waals surface area contributed by atoms with Gasteiger partial charge in [0.2, 0.25) is 0 Å². The van der Waals surface area contributed by atoms with E-state index in [1.54, 1.807) is 24.4 Å². The first-order valence-electron chi connectivity index (χ1n) is 24.0. The largest absolute Gasteiger partial charge is 0.489 e. The lowest BCUT2D eigenvalue weighted by Crippen LogP contribution is -2.47. The molecule has 370 valence electrons. The molecule has 3 N–H and O–H groups in total. The molecule has 17 nitrogen and oxygen atoms in total. The maximum atomic E-state index is 14.1. The smallest absolute Gasteiger partial charge is 0.297 e. The van der Waals surface area contributed by atoms with E-state index in [1.807, 2.05) is 18.2 Å². The number of halogens is 1. The van der Waals surface area contributed by atoms with Crippen molar-refractivity contribution >= 4 is 70.9 Å². The third-order valence-electron chi connectivity index (χ3n) is 14.1. The number of benzene rings is 3. The molecule has 1 atom stereocenters. The van der Waals surface area contributed by atoms with Crippen LogP contribution < -0.4 is 24.4 Å². The van der Waals surface area contributed by atoms with Gasteiger partial charge < -0.3 is 29.6 Å². The average Bonchev–Trinajstić information content (AvgIpc) is 4.02. The zero-order chi connectivity index (χ0) is 48.8. The molecule has 5 aromatic rings. The van der Waals surface area contributed by atoms with E-state index in [-0.39, 0.29) is 46.9 Å². The Morgan fingerprint density at radius 2 is 1.80 bits per heavy atom. The van der Waals surface area contributed by atoms with Gasteiger partial charge in [0, 0.05) is 114 Å². The van der Waals surface area contributed by atoms with E-state index in [2.05, 4.69) is 65.0 Å². The summed E-state index contributed by atoms with van der Waals surface area (Å²) in [5.41, 5.74) is 5.23. The van der Waals surface area contributed by atoms with Crippen molar-refractivity contribution in [3.05, 3.63) is 111 Å². The fourth-order valence-electron chi connectivity index (χ4n) is 9.82. The van der Waals surface area contributed by atoms with Crippen LogP contribution in [0.15, 0.2) is 94.0 Å². The molecule has 0 spiro atoms. The Hall–Kier alpha value is -5.73. The Morgan fingerprint density at radius 1 is 1.03 bits per heavy atom. The molecule has 5 aliphatic rings. The van der Waals surface area contributed by atoms with Crippen LogP contribution in [-0.2, 0) is 19.8 Å². The number of pyridine rings is 1. The highest BCUT2D eigenvalue weighted by atomic mass is 35.5. The number of aromatic amines is 1. The lowest BCUT2D eigenvalue weighted by Gasteiger charge is -2.39. The van der Waals surface area contributed by atoms with Crippen LogP contribution in [0.3, 0.4) is 0 Å². The molecule has 5 heterocycles. The van der Waals surface area contributed by atoms with Gasteiger partial charge >= 0.3 is 0 Å². The number of nitrogens with one attached hydrogen (secondary N) is 3. The summed E-state index contributed by atoms with van der Waals surface area (Å²) in [6.07, 6.45) is 9.07. The third kappa shape index (κ3) is 10.9. The van der Waals surface area contributed by atoms with E-state index in [0.717, 1.165) is 73.9 Å². The minimum atomic E-state index is -4.69. The molecule has 2 saturated heterocycles. The molecule has 2 aliphatic carbocycles. The van der Waals surface area contributed by atoms with Crippen LogP contribution in [0.1, 0.15) is 68.3 Å². The number of rotatable bonds is 14. The van der Waals surface area contributed by atoms with E-state index >= 15 is 0 Å². The molecule has 0 unspecified atom stereocenters. The number of nitro benzene ring substituents is 1. The second-order valence-corrected chi connectivity index (χ2v) is 24.6. The molecular weight excluding hydrogens is 954 g/mol. The number of allylic oxidation sites excluding steroid dienone is 1. The van der Waals surface area contributed by atoms with Gasteiger partial charge in [-0.25, -0.2) is 26.7 Å². The van der Waals surface area contributed by atoms with Gasteiger partial charge in [0.05, 0.1) is 33.7 Å². The second kappa shape index (κ2) is 19.5. The van der Waals surface area contributed by atoms with Crippen molar-refractivity contribution in [3.63, 3.8) is 0 Å². The Labute approximate surface area is 413 Å². The van der Waals surface area contributed by atoms with Crippen molar-refractivity contribution < 1.29 is 31.8 Å². The number of hydrogen-bond acceptors (Lipinski definition) is 14. The van der Waals surface area contributed by atoms with Crippen LogP contribution in [-0.4, -0.2) is 126 Å². The minimum absolute atomic E-state index is 0.0137. The molecule has 1 amide bonds. The summed E-state index contributed by atoms with van der Waals surface area (Å²) < 4.78 is 60.1. The molecular formula is C50H58ClN9O8S2. The third-order valence-corrected chi connectivity index (χ3v) is 17.9. The number of amides is 1. The highest BCUT2D eigenvalue weighted by Gasteiger charge is 2.34. The number of anilines is 2. The van der Waals surface area contributed by atoms with Gasteiger partial charge in [-0.1, -0.05) is 43.2 Å². The molecule has 3 aliphatic heterocycles. The molecule has 0 radical (unpaired) electrons. The van der Waals surface area contributed by atoms with Crippen molar-refractivity contribution in [2.24, 2.45) is 9.78 Å². The minimum Gasteiger partial charge on any atom is -0.489 e. The summed E-state index contributed by atoms with van der Waals surface area (Å²) >= 11 is 6.26. The van der Waals surface area contributed by atoms with Crippen molar-refractivity contribution in [1.82, 2.24) is 24.5 Å². The topological polar surface area (TPSA) is 205 Å². The molecule has 70 heavy (non-hydrogen) atoms. The standard InChI is InChI=1S/C50H58ClN9O8S2/c1-50(2)14-11-35(43(29-50)33-3-5-36(51)6-4-33)31-58-17-19-59(20-18-58)39-9-10-42(45(26-39)68-40-25-34-12-15-52-48(34)53-30-40)49(61)56-70(65,66)41-27-44(60(62)63)47-46(28-41)67-32-38(54-47)13-16-57-21-23-69(64,24-22-57)55-37-7-8-37/h3-6,9-10,12,15,25-28,30,37-38,54H,7-8,11,13-14,16-24,29,31-32H2,1-2H3,(H,52,53)(H,56,61)/t38-/m1/s1. The van der Waals surface area contributed by atoms with Crippen molar-refractivity contribution in [2.45, 2.75) is 69.4 Å². The van der Waals surface area contributed by atoms with E-state index in [0.29, 0.717) is 62.0 Å². The lowest BCUT2D eigenvalue weighted by atomic mass is 9.72. The normalized spacial score (nSPS) is 20.6. The number of carbonyl (C=O) groups is 1. The van der Waals surface area contributed by atoms with E-state index in [9.17, 15) is 27.5 Å². The first kappa shape index (κ1) is 47.9. The Kier molecular flexibility index (Phi) is 13.3. The average molecular weight is 1010 g/mol. The molecule has 10 rings (SSSR count). The fourth-order valence-corrected chi connectivity index (χ4v) is 13.2. The number of ether oxygens (including phenoxy) is 2. The predicted octanol–water partition coefficient (Wildman–Crippen LogP) is 8.33. The molecule has 2 aromatic heterocycles. The van der Waals surface area contributed by atoms with Gasteiger partial charge in [-0.15, -0.1) is 0 Å². The van der Waals surface area contributed by atoms with Gasteiger partial charge in [-0.05, 0) is 91.5 Å². The summed E-state index contributed by atoms with van der Waals surface area (Å²) in [6, 6.07) is 18.9. The highest BCUT2D eigenvalue weighted by Crippen LogP contribution is 2.44. The number of aromatic nitrogens is 2. The zero-order valence-corrected chi connectivity index (χ0v) is 41.7. The van der Waals surface area contributed by atoms with E-state index in [1.165, 1.54) is 35.0 Å². The number of nitro groups is 1. The van der Waals surface area contributed by atoms with Crippen LogP contribution in [0.4, 0.5) is 17.1 Å². The monoisotopic (exact) mass is 1010 g/mol. The Balaban J connectivity index is 0.838. The Bertz CT molecular complexity index is 3090. The van der Waals surface area contributed by atoms with Crippen LogP contribution in [0.2, 0.25) is 5.02 Å². The van der Waals surface area contributed by atoms with E-state index < -0.39 is 41.2 Å². The van der Waals surface area contributed by atoms with Crippen molar-refractivity contribution in [1.29, 1.82) is 0 Å². The number of sulfonamides is 1. The van der Waals surface area contributed by atoms with Crippen LogP contribution in [0.5, 0.6) is 17.2 Å². The van der Waals surface area contributed by atoms with E-state index in [4.69, 9.17) is 21.1 Å². The zero-order valence-electron chi connectivity index (χ0n) is 39.3. The second-order valence-electron chi connectivity index (χ2n) is 19.9. The number of piperazine rings is 1. The molecule has 20 heteroatoms. The van der Waals surface area contributed by atoms with Gasteiger partial charge in [0.25, 0.3) is 21.6 Å². The van der Waals surface area contributed by atoms with Gasteiger partial charge in [-0.2, -0.15) is 0 Å². The summed E-state index contributed by atoms with van der Waals surface area (Å²) in [6.45, 7) is 10.7. The highest BCUT2D eigenvalue weighted by molar-refractivity contribution is 7.93. The van der Waals surface area contributed by atoms with Crippen LogP contribution >= 0.6 is 11.6 Å². The number of hydrogen-bond donors (Lipinski definition) is 3. The maximum absolute atomic E-state index is 14.1. The first-order valence-corrected chi connectivity index (χ1v) is 27.7. The molecule has 3 fully saturated rings. The SMILES string of the molecule is CC1(C)CCC(CN2CCN(c3ccc(C(=O)NS(=O)(=O)c4cc5c(c([N+](=O)[O-])c4)N[C@H](CCN4CCS(=O)(=NC6CC6)CC4)CO5)c(Oc4cnc5[nH]ccc5c4)c3)CC2)=C(c2ccc(Cl)cc2)C1. The summed E-state index contributed by atoms with van der Waals surface area (Å²) in [7, 11) is -6.85. The van der Waals surface area contributed by atoms with Crippen molar-refractivity contribution in [2.75, 3.05) is 80.7 Å². The number of nitrogens with zero attached hydrogens (tertiary/aromatic N) is 6. The molecule has 3 aromatic carbocycles. The summed E-state index contributed by atoms with van der Waals surface area (Å²) in [5.74, 6) is 0.503. The predicted molar refractivity (Wildman–Crippen MR) is 272 cm³/mol. The van der Waals surface area contributed by atoms with Gasteiger partial charge in [-0.3, -0.25) is 19.8 Å². The first-order chi connectivity index (χ1) is 33.5. The number of H-pyrrole nitrogens is 1. The lowest BCUT2D eigenvalue weighted by molar-refractivity contribution is -0.384. The van der Waals surface area contributed by atoms with Gasteiger partial charge in [0.1, 0.15) is 23.8 Å². The molecule has 1 saturated carbocycles. The van der Waals surface area contributed by atoms with Gasteiger partial charge in [0.15, 0.2) is 11.4 Å². The summed E-state index contributed by atoms with van der Waals surface area (Å²) in [5, 5.41) is 17.1. The van der Waals surface area contributed by atoms with Crippen molar-refractivity contribution in [3.8, 4) is 17.2 Å². The number of fused-ring (bicyclic) bond motifs is 2. The van der Waals surface area contributed by atoms with Crippen LogP contribution in [0, 0.1) is 15.5 Å². The fraction of sp³-hybridized carbons (Fsp3) is 0.440. The number of carbonyl (C=O) groups excluding carboxylic acids is 1. The summed E-state index contributed by atoms with van der Waals surface area (Å²) in [4.78, 5) is 39.8. The molecule has 0 bridgehead atoms. The quantitative estimate of drug-likeness (QED) is 0.0708. The Morgan fingerprint density at radius 3 is 2.54 bits per heavy atom.